The number of carbonyl (C=O) groups is 1. The standard InChI is InChI=1S/C16H16N2O2S/c19-16(18-10-11-21-12-18)17-14-8-4-5-9-15(14)20-13-6-2-1-3-7-13/h1-9H,10-12H2,(H,17,19). The maximum absolute atomic E-state index is 12.2. The van der Waals surface area contributed by atoms with Gasteiger partial charge in [-0.05, 0) is 24.3 Å². The molecule has 0 radical (unpaired) electrons. The van der Waals surface area contributed by atoms with Crippen molar-refractivity contribution in [3.8, 4) is 11.5 Å². The van der Waals surface area contributed by atoms with Gasteiger partial charge >= 0.3 is 6.03 Å². The van der Waals surface area contributed by atoms with E-state index in [4.69, 9.17) is 4.74 Å². The fraction of sp³-hybridized carbons (Fsp3) is 0.188. The highest BCUT2D eigenvalue weighted by molar-refractivity contribution is 7.99. The van der Waals surface area contributed by atoms with Crippen molar-refractivity contribution in [1.82, 2.24) is 4.90 Å². The van der Waals surface area contributed by atoms with Gasteiger partial charge in [-0.3, -0.25) is 0 Å². The van der Waals surface area contributed by atoms with E-state index < -0.39 is 0 Å². The highest BCUT2D eigenvalue weighted by Crippen LogP contribution is 2.29. The van der Waals surface area contributed by atoms with Crippen LogP contribution in [-0.4, -0.2) is 29.1 Å². The zero-order chi connectivity index (χ0) is 14.5. The van der Waals surface area contributed by atoms with E-state index in [0.29, 0.717) is 11.4 Å². The van der Waals surface area contributed by atoms with Crippen LogP contribution in [-0.2, 0) is 0 Å². The van der Waals surface area contributed by atoms with Gasteiger partial charge in [-0.15, -0.1) is 11.8 Å². The molecular weight excluding hydrogens is 284 g/mol. The maximum Gasteiger partial charge on any atom is 0.322 e. The van der Waals surface area contributed by atoms with Crippen LogP contribution in [0.4, 0.5) is 10.5 Å². The van der Waals surface area contributed by atoms with E-state index in [2.05, 4.69) is 5.32 Å². The Morgan fingerprint density at radius 3 is 2.62 bits per heavy atom. The molecule has 2 amide bonds. The van der Waals surface area contributed by atoms with Gasteiger partial charge in [-0.25, -0.2) is 4.79 Å². The molecule has 0 saturated carbocycles. The first-order valence-electron chi connectivity index (χ1n) is 6.78. The molecule has 1 heterocycles. The van der Waals surface area contributed by atoms with E-state index in [1.165, 1.54) is 0 Å². The van der Waals surface area contributed by atoms with Crippen LogP contribution in [0.25, 0.3) is 0 Å². The second-order valence-corrected chi connectivity index (χ2v) is 5.72. The van der Waals surface area contributed by atoms with Crippen molar-refractivity contribution < 1.29 is 9.53 Å². The van der Waals surface area contributed by atoms with E-state index in [-0.39, 0.29) is 6.03 Å². The fourth-order valence-electron chi connectivity index (χ4n) is 2.04. The molecule has 0 atom stereocenters. The quantitative estimate of drug-likeness (QED) is 0.931. The van der Waals surface area contributed by atoms with Crippen molar-refractivity contribution in [3.05, 3.63) is 54.6 Å². The average Bonchev–Trinajstić information content (AvgIpc) is 3.05. The van der Waals surface area contributed by atoms with Crippen LogP contribution in [0, 0.1) is 0 Å². The summed E-state index contributed by atoms with van der Waals surface area (Å²) in [6, 6.07) is 16.9. The van der Waals surface area contributed by atoms with Crippen molar-refractivity contribution in [1.29, 1.82) is 0 Å². The van der Waals surface area contributed by atoms with E-state index in [1.807, 2.05) is 54.6 Å². The number of para-hydroxylation sites is 3. The van der Waals surface area contributed by atoms with Crippen LogP contribution in [0.15, 0.2) is 54.6 Å². The van der Waals surface area contributed by atoms with Gasteiger partial charge in [-0.1, -0.05) is 30.3 Å². The summed E-state index contributed by atoms with van der Waals surface area (Å²) in [7, 11) is 0. The minimum Gasteiger partial charge on any atom is -0.455 e. The van der Waals surface area contributed by atoms with Gasteiger partial charge in [-0.2, -0.15) is 0 Å². The number of benzene rings is 2. The van der Waals surface area contributed by atoms with Gasteiger partial charge in [0.05, 0.1) is 11.6 Å². The van der Waals surface area contributed by atoms with Gasteiger partial charge in [0.25, 0.3) is 0 Å². The molecule has 1 fully saturated rings. The van der Waals surface area contributed by atoms with Gasteiger partial charge in [0.15, 0.2) is 5.75 Å². The molecule has 4 nitrogen and oxygen atoms in total. The van der Waals surface area contributed by atoms with Crippen LogP contribution in [0.3, 0.4) is 0 Å². The number of nitrogens with zero attached hydrogens (tertiary/aromatic N) is 1. The lowest BCUT2D eigenvalue weighted by Crippen LogP contribution is -2.32. The van der Waals surface area contributed by atoms with Crippen molar-refractivity contribution >= 4 is 23.5 Å². The fourth-order valence-corrected chi connectivity index (χ4v) is 2.99. The van der Waals surface area contributed by atoms with Crippen LogP contribution in [0.2, 0.25) is 0 Å². The number of nitrogens with one attached hydrogen (secondary N) is 1. The molecule has 0 bridgehead atoms. The summed E-state index contributed by atoms with van der Waals surface area (Å²) in [6.45, 7) is 0.790. The molecule has 5 heteroatoms. The molecule has 108 valence electrons. The van der Waals surface area contributed by atoms with Crippen LogP contribution >= 0.6 is 11.8 Å². The van der Waals surface area contributed by atoms with E-state index >= 15 is 0 Å². The Morgan fingerprint density at radius 1 is 1.10 bits per heavy atom. The van der Waals surface area contributed by atoms with E-state index in [1.54, 1.807) is 16.7 Å². The summed E-state index contributed by atoms with van der Waals surface area (Å²) in [5.74, 6) is 3.13. The normalized spacial score (nSPS) is 14.0. The average molecular weight is 300 g/mol. The molecule has 0 unspecified atom stereocenters. The number of urea groups is 1. The Bertz CT molecular complexity index is 613. The van der Waals surface area contributed by atoms with Crippen molar-refractivity contribution in [2.75, 3.05) is 23.5 Å². The number of hydrogen-bond donors (Lipinski definition) is 1. The molecule has 1 N–H and O–H groups in total. The molecule has 1 aliphatic rings. The molecule has 3 rings (SSSR count). The third kappa shape index (κ3) is 3.49. The SMILES string of the molecule is O=C(Nc1ccccc1Oc1ccccc1)N1CCSC1. The van der Waals surface area contributed by atoms with Crippen molar-refractivity contribution in [3.63, 3.8) is 0 Å². The van der Waals surface area contributed by atoms with Gasteiger partial charge in [0, 0.05) is 12.3 Å². The maximum atomic E-state index is 12.2. The predicted octanol–water partition coefficient (Wildman–Crippen LogP) is 4.02. The van der Waals surface area contributed by atoms with Gasteiger partial charge in [0.2, 0.25) is 0 Å². The van der Waals surface area contributed by atoms with E-state index in [0.717, 1.165) is 23.9 Å². The Morgan fingerprint density at radius 2 is 1.86 bits per heavy atom. The number of rotatable bonds is 3. The molecule has 2 aromatic carbocycles. The first-order valence-corrected chi connectivity index (χ1v) is 7.94. The molecule has 2 aromatic rings. The number of hydrogen-bond acceptors (Lipinski definition) is 3. The van der Waals surface area contributed by atoms with Crippen LogP contribution < -0.4 is 10.1 Å². The number of carbonyl (C=O) groups excluding carboxylic acids is 1. The molecular formula is C16H16N2O2S. The Hall–Kier alpha value is -2.14. The zero-order valence-corrected chi connectivity index (χ0v) is 12.3. The van der Waals surface area contributed by atoms with Crippen molar-refractivity contribution in [2.24, 2.45) is 0 Å². The van der Waals surface area contributed by atoms with Crippen LogP contribution in [0.1, 0.15) is 0 Å². The second-order valence-electron chi connectivity index (χ2n) is 4.64. The van der Waals surface area contributed by atoms with Crippen molar-refractivity contribution in [2.45, 2.75) is 0 Å². The van der Waals surface area contributed by atoms with Gasteiger partial charge < -0.3 is 15.0 Å². The molecule has 0 spiro atoms. The number of anilines is 1. The summed E-state index contributed by atoms with van der Waals surface area (Å²) < 4.78 is 5.83. The Balaban J connectivity index is 1.74. The summed E-state index contributed by atoms with van der Waals surface area (Å²) in [5.41, 5.74) is 0.684. The monoisotopic (exact) mass is 300 g/mol. The molecule has 21 heavy (non-hydrogen) atoms. The topological polar surface area (TPSA) is 41.6 Å². The summed E-state index contributed by atoms with van der Waals surface area (Å²) in [5, 5.41) is 2.92. The summed E-state index contributed by atoms with van der Waals surface area (Å²) in [4.78, 5) is 14.0. The predicted molar refractivity (Wildman–Crippen MR) is 86.0 cm³/mol. The highest BCUT2D eigenvalue weighted by atomic mass is 32.2. The first kappa shape index (κ1) is 13.8. The lowest BCUT2D eigenvalue weighted by molar-refractivity contribution is 0.225. The molecule has 1 aliphatic heterocycles. The summed E-state index contributed by atoms with van der Waals surface area (Å²) >= 11 is 1.76. The number of thioether (sulfide) groups is 1. The minimum atomic E-state index is -0.0795. The zero-order valence-electron chi connectivity index (χ0n) is 11.5. The lowest BCUT2D eigenvalue weighted by atomic mass is 10.3. The number of ether oxygens (including phenoxy) is 1. The smallest absolute Gasteiger partial charge is 0.322 e. The molecule has 0 aliphatic carbocycles. The highest BCUT2D eigenvalue weighted by Gasteiger charge is 2.19. The third-order valence-corrected chi connectivity index (χ3v) is 4.11. The largest absolute Gasteiger partial charge is 0.455 e. The Labute approximate surface area is 128 Å². The van der Waals surface area contributed by atoms with Crippen LogP contribution in [0.5, 0.6) is 11.5 Å². The van der Waals surface area contributed by atoms with E-state index in [9.17, 15) is 4.79 Å². The first-order chi connectivity index (χ1) is 10.3. The molecule has 1 saturated heterocycles. The second kappa shape index (κ2) is 6.54. The third-order valence-electron chi connectivity index (χ3n) is 3.14. The lowest BCUT2D eigenvalue weighted by Gasteiger charge is -2.17. The molecule has 0 aromatic heterocycles. The Kier molecular flexibility index (Phi) is 4.31. The summed E-state index contributed by atoms with van der Waals surface area (Å²) in [6.07, 6.45) is 0. The van der Waals surface area contributed by atoms with Gasteiger partial charge in [0.1, 0.15) is 5.75 Å². The minimum absolute atomic E-state index is 0.0795. The number of amides is 2.